The fraction of sp³-hybridized carbons (Fsp3) is 0.579. The van der Waals surface area contributed by atoms with Crippen molar-refractivity contribution in [3.8, 4) is 11.4 Å². The first-order valence-electron chi connectivity index (χ1n) is 8.96. The molecule has 0 spiro atoms. The predicted molar refractivity (Wildman–Crippen MR) is 92.2 cm³/mol. The van der Waals surface area contributed by atoms with Crippen molar-refractivity contribution >= 4 is 0 Å². The molecule has 1 N–H and O–H groups in total. The number of hydrogen-bond donors (Lipinski definition) is 1. The maximum absolute atomic E-state index is 13.6. The van der Waals surface area contributed by atoms with Gasteiger partial charge in [-0.3, -0.25) is 0 Å². The Bertz CT molecular complexity index is 670. The van der Waals surface area contributed by atoms with Gasteiger partial charge in [-0.1, -0.05) is 37.1 Å². The Balaban J connectivity index is 1.48. The molecule has 2 aromatic rings. The number of nitrogens with one attached hydrogen (secondary N) is 1. The molecule has 0 saturated heterocycles. The fourth-order valence-electron chi connectivity index (χ4n) is 3.35. The van der Waals surface area contributed by atoms with Crippen molar-refractivity contribution in [2.45, 2.75) is 58.4 Å². The zero-order valence-corrected chi connectivity index (χ0v) is 14.5. The van der Waals surface area contributed by atoms with Gasteiger partial charge >= 0.3 is 0 Å². The molecule has 4 nitrogen and oxygen atoms in total. The second kappa shape index (κ2) is 7.88. The minimum absolute atomic E-state index is 0.246. The second-order valence-electron chi connectivity index (χ2n) is 6.90. The second-order valence-corrected chi connectivity index (χ2v) is 6.90. The monoisotopic (exact) mass is 331 g/mol. The Hall–Kier alpha value is -1.75. The molecule has 1 aliphatic carbocycles. The zero-order chi connectivity index (χ0) is 16.9. The molecule has 1 fully saturated rings. The van der Waals surface area contributed by atoms with Crippen LogP contribution in [0.2, 0.25) is 0 Å². The highest BCUT2D eigenvalue weighted by molar-refractivity contribution is 5.54. The summed E-state index contributed by atoms with van der Waals surface area (Å²) in [6.07, 6.45) is 7.02. The maximum atomic E-state index is 13.6. The Morgan fingerprint density at radius 1 is 1.29 bits per heavy atom. The lowest BCUT2D eigenvalue weighted by molar-refractivity contribution is 0.279. The van der Waals surface area contributed by atoms with Gasteiger partial charge in [-0.2, -0.15) is 4.98 Å². The number of nitrogens with zero attached hydrogens (tertiary/aromatic N) is 2. The van der Waals surface area contributed by atoms with Gasteiger partial charge in [0.1, 0.15) is 5.82 Å². The first-order chi connectivity index (χ1) is 11.6. The molecule has 1 heterocycles. The molecule has 1 aliphatic rings. The van der Waals surface area contributed by atoms with E-state index in [0.29, 0.717) is 28.9 Å². The normalized spacial score (nSPS) is 21.1. The number of hydrogen-bond acceptors (Lipinski definition) is 4. The number of benzene rings is 1. The van der Waals surface area contributed by atoms with Crippen molar-refractivity contribution in [1.82, 2.24) is 15.5 Å². The van der Waals surface area contributed by atoms with Crippen molar-refractivity contribution in [2.75, 3.05) is 6.54 Å². The molecule has 1 saturated carbocycles. The molecule has 5 heteroatoms. The third-order valence-corrected chi connectivity index (χ3v) is 4.98. The quantitative estimate of drug-likeness (QED) is 0.803. The van der Waals surface area contributed by atoms with Crippen LogP contribution in [-0.4, -0.2) is 22.7 Å². The lowest BCUT2D eigenvalue weighted by Gasteiger charge is -2.29. The van der Waals surface area contributed by atoms with E-state index < -0.39 is 0 Å². The molecule has 2 atom stereocenters. The lowest BCUT2D eigenvalue weighted by atomic mass is 9.86. The number of aromatic nitrogens is 2. The molecule has 1 aromatic carbocycles. The number of halogens is 1. The molecule has 0 amide bonds. The summed E-state index contributed by atoms with van der Waals surface area (Å²) in [7, 11) is 0. The zero-order valence-electron chi connectivity index (χ0n) is 14.5. The summed E-state index contributed by atoms with van der Waals surface area (Å²) in [4.78, 5) is 4.38. The smallest absolute Gasteiger partial charge is 0.227 e. The molecule has 24 heavy (non-hydrogen) atoms. The van der Waals surface area contributed by atoms with Crippen LogP contribution in [0.3, 0.4) is 0 Å². The summed E-state index contributed by atoms with van der Waals surface area (Å²) in [5, 5.41) is 7.62. The van der Waals surface area contributed by atoms with Crippen molar-refractivity contribution in [3.63, 3.8) is 0 Å². The largest absolute Gasteiger partial charge is 0.339 e. The van der Waals surface area contributed by atoms with E-state index in [1.54, 1.807) is 13.0 Å². The van der Waals surface area contributed by atoms with Gasteiger partial charge in [0.25, 0.3) is 0 Å². The first kappa shape index (κ1) is 17.1. The maximum Gasteiger partial charge on any atom is 0.227 e. The van der Waals surface area contributed by atoms with E-state index in [9.17, 15) is 4.39 Å². The third-order valence-electron chi connectivity index (χ3n) is 4.98. The SMILES string of the molecule is Cc1ccc(-c2noc(CCCNC3CCCCC3C)n2)cc1F. The minimum Gasteiger partial charge on any atom is -0.339 e. The molecule has 2 unspecified atom stereocenters. The topological polar surface area (TPSA) is 51.0 Å². The molecule has 1 aromatic heterocycles. The summed E-state index contributed by atoms with van der Waals surface area (Å²) >= 11 is 0. The van der Waals surface area contributed by atoms with E-state index >= 15 is 0 Å². The van der Waals surface area contributed by atoms with Gasteiger partial charge in [0, 0.05) is 18.0 Å². The van der Waals surface area contributed by atoms with Gasteiger partial charge in [-0.15, -0.1) is 0 Å². The predicted octanol–water partition coefficient (Wildman–Crippen LogP) is 4.29. The highest BCUT2D eigenvalue weighted by Gasteiger charge is 2.20. The fourth-order valence-corrected chi connectivity index (χ4v) is 3.35. The van der Waals surface area contributed by atoms with Crippen molar-refractivity contribution in [1.29, 1.82) is 0 Å². The molecule has 0 bridgehead atoms. The van der Waals surface area contributed by atoms with Crippen LogP contribution in [0.1, 0.15) is 50.5 Å². The highest BCUT2D eigenvalue weighted by atomic mass is 19.1. The van der Waals surface area contributed by atoms with E-state index in [-0.39, 0.29) is 5.82 Å². The van der Waals surface area contributed by atoms with E-state index in [4.69, 9.17) is 4.52 Å². The van der Waals surface area contributed by atoms with Gasteiger partial charge in [0.15, 0.2) is 0 Å². The van der Waals surface area contributed by atoms with Crippen LogP contribution in [0, 0.1) is 18.7 Å². The summed E-state index contributed by atoms with van der Waals surface area (Å²) in [6.45, 7) is 5.04. The first-order valence-corrected chi connectivity index (χ1v) is 8.96. The summed E-state index contributed by atoms with van der Waals surface area (Å²) < 4.78 is 18.9. The Kier molecular flexibility index (Phi) is 5.61. The molecule has 3 rings (SSSR count). The minimum atomic E-state index is -0.246. The van der Waals surface area contributed by atoms with Crippen molar-refractivity contribution < 1.29 is 8.91 Å². The average molecular weight is 331 g/mol. The molecule has 0 radical (unpaired) electrons. The Labute approximate surface area is 142 Å². The average Bonchev–Trinajstić information content (AvgIpc) is 3.04. The molecule has 0 aliphatic heterocycles. The highest BCUT2D eigenvalue weighted by Crippen LogP contribution is 2.23. The number of aryl methyl sites for hydroxylation is 2. The van der Waals surface area contributed by atoms with Crippen LogP contribution in [0.15, 0.2) is 22.7 Å². The van der Waals surface area contributed by atoms with Crippen molar-refractivity contribution in [2.24, 2.45) is 5.92 Å². The standard InChI is InChI=1S/C19H26FN3O/c1-13-9-10-15(12-16(13)20)19-22-18(24-23-19)8-5-11-21-17-7-4-3-6-14(17)2/h9-10,12,14,17,21H,3-8,11H2,1-2H3. The lowest BCUT2D eigenvalue weighted by Crippen LogP contribution is -2.37. The van der Waals surface area contributed by atoms with Gasteiger partial charge in [0.2, 0.25) is 11.7 Å². The van der Waals surface area contributed by atoms with Crippen LogP contribution >= 0.6 is 0 Å². The van der Waals surface area contributed by atoms with Crippen LogP contribution < -0.4 is 5.32 Å². The van der Waals surface area contributed by atoms with Crippen LogP contribution in [-0.2, 0) is 6.42 Å². The van der Waals surface area contributed by atoms with Crippen LogP contribution in [0.25, 0.3) is 11.4 Å². The summed E-state index contributed by atoms with van der Waals surface area (Å²) in [6, 6.07) is 5.65. The van der Waals surface area contributed by atoms with Gasteiger partial charge in [-0.05, 0) is 50.3 Å². The molecular formula is C19H26FN3O. The van der Waals surface area contributed by atoms with E-state index in [0.717, 1.165) is 25.3 Å². The summed E-state index contributed by atoms with van der Waals surface area (Å²) in [5.74, 6) is 1.59. The van der Waals surface area contributed by atoms with Crippen molar-refractivity contribution in [3.05, 3.63) is 35.5 Å². The van der Waals surface area contributed by atoms with Gasteiger partial charge in [-0.25, -0.2) is 4.39 Å². The number of rotatable bonds is 6. The van der Waals surface area contributed by atoms with E-state index in [2.05, 4.69) is 22.4 Å². The van der Waals surface area contributed by atoms with Crippen LogP contribution in [0.4, 0.5) is 4.39 Å². The third kappa shape index (κ3) is 4.20. The molecular weight excluding hydrogens is 305 g/mol. The molecule has 130 valence electrons. The van der Waals surface area contributed by atoms with Crippen LogP contribution in [0.5, 0.6) is 0 Å². The van der Waals surface area contributed by atoms with E-state index in [1.165, 1.54) is 31.7 Å². The Morgan fingerprint density at radius 3 is 2.92 bits per heavy atom. The van der Waals surface area contributed by atoms with E-state index in [1.807, 2.05) is 6.07 Å². The Morgan fingerprint density at radius 2 is 2.12 bits per heavy atom. The van der Waals surface area contributed by atoms with Gasteiger partial charge < -0.3 is 9.84 Å². The van der Waals surface area contributed by atoms with Gasteiger partial charge in [0.05, 0.1) is 0 Å². The summed E-state index contributed by atoms with van der Waals surface area (Å²) in [5.41, 5.74) is 1.27.